The lowest BCUT2D eigenvalue weighted by Crippen LogP contribution is -2.45. The van der Waals surface area contributed by atoms with E-state index in [9.17, 15) is 23.4 Å². The second-order valence-corrected chi connectivity index (χ2v) is 9.71. The minimum atomic E-state index is -4.13. The highest BCUT2D eigenvalue weighted by Gasteiger charge is 2.27. The molecule has 0 aliphatic carbocycles. The Hall–Kier alpha value is -3.88. The Morgan fingerprint density at radius 2 is 1.48 bits per heavy atom. The molecule has 0 radical (unpaired) electrons. The van der Waals surface area contributed by atoms with Gasteiger partial charge < -0.3 is 15.9 Å². The number of primary amides is 1. The van der Waals surface area contributed by atoms with Crippen LogP contribution in [0.25, 0.3) is 32.3 Å². The predicted octanol–water partition coefficient (Wildman–Crippen LogP) is 3.37. The van der Waals surface area contributed by atoms with Crippen molar-refractivity contribution in [3.05, 3.63) is 78.4 Å². The standard InChI is InChI=1S/C25H20N2O5S/c26-25(30)19(12-14-4-10-20(28)21(29)13-14)27-33(31,32)22-11-8-17-6-5-15-2-1-3-16-7-9-18(22)24(17)23(15)16/h1-11,13,19,27-29H,12H2,(H2,26,30)/t19-/m0/s1. The topological polar surface area (TPSA) is 130 Å². The molecule has 1 atom stereocenters. The van der Waals surface area contributed by atoms with Crippen LogP contribution in [0.2, 0.25) is 0 Å². The fraction of sp³-hybridized carbons (Fsp3) is 0.0800. The number of nitrogens with two attached hydrogens (primary N) is 1. The number of nitrogens with one attached hydrogen (secondary N) is 1. The molecule has 0 fully saturated rings. The molecule has 0 unspecified atom stereocenters. The first-order chi connectivity index (χ1) is 15.7. The number of carbonyl (C=O) groups excluding carboxylic acids is 1. The Balaban J connectivity index is 1.59. The number of phenolic OH excluding ortho intramolecular Hbond substituents is 2. The van der Waals surface area contributed by atoms with E-state index in [0.29, 0.717) is 10.9 Å². The van der Waals surface area contributed by atoms with Gasteiger partial charge in [0.1, 0.15) is 6.04 Å². The zero-order chi connectivity index (χ0) is 23.3. The third kappa shape index (κ3) is 3.59. The first-order valence-corrected chi connectivity index (χ1v) is 11.7. The van der Waals surface area contributed by atoms with Crippen LogP contribution >= 0.6 is 0 Å². The van der Waals surface area contributed by atoms with Crippen molar-refractivity contribution >= 4 is 48.2 Å². The van der Waals surface area contributed by atoms with Gasteiger partial charge in [-0.3, -0.25) is 4.79 Å². The highest BCUT2D eigenvalue weighted by atomic mass is 32.2. The van der Waals surface area contributed by atoms with Gasteiger partial charge in [-0.15, -0.1) is 0 Å². The van der Waals surface area contributed by atoms with Crippen LogP contribution < -0.4 is 10.5 Å². The maximum Gasteiger partial charge on any atom is 0.241 e. The Morgan fingerprint density at radius 1 is 0.848 bits per heavy atom. The molecule has 166 valence electrons. The number of carbonyl (C=O) groups is 1. The molecule has 5 aromatic rings. The Bertz CT molecular complexity index is 1630. The SMILES string of the molecule is NC(=O)[C@H](Cc1ccc(O)c(O)c1)NS(=O)(=O)c1ccc2ccc3cccc4ccc1c2c34. The van der Waals surface area contributed by atoms with E-state index in [4.69, 9.17) is 5.73 Å². The molecule has 5 aromatic carbocycles. The molecule has 5 N–H and O–H groups in total. The molecule has 0 heterocycles. The molecule has 0 aliphatic rings. The van der Waals surface area contributed by atoms with Crippen molar-refractivity contribution in [1.29, 1.82) is 0 Å². The van der Waals surface area contributed by atoms with Crippen LogP contribution in [-0.4, -0.2) is 30.6 Å². The fourth-order valence-corrected chi connectivity index (χ4v) is 5.73. The fourth-order valence-electron chi connectivity index (χ4n) is 4.33. The minimum absolute atomic E-state index is 0.0491. The smallest absolute Gasteiger partial charge is 0.241 e. The molecule has 0 aromatic heterocycles. The molecule has 7 nitrogen and oxygen atoms in total. The number of amides is 1. The van der Waals surface area contributed by atoms with Crippen LogP contribution in [0.1, 0.15) is 5.56 Å². The largest absolute Gasteiger partial charge is 0.504 e. The van der Waals surface area contributed by atoms with Gasteiger partial charge in [0.15, 0.2) is 11.5 Å². The van der Waals surface area contributed by atoms with Gasteiger partial charge in [-0.25, -0.2) is 8.42 Å². The van der Waals surface area contributed by atoms with Crippen LogP contribution in [0.3, 0.4) is 0 Å². The van der Waals surface area contributed by atoms with E-state index in [1.165, 1.54) is 24.3 Å². The lowest BCUT2D eigenvalue weighted by Gasteiger charge is -2.18. The zero-order valence-corrected chi connectivity index (χ0v) is 18.1. The molecule has 33 heavy (non-hydrogen) atoms. The van der Waals surface area contributed by atoms with E-state index in [1.807, 2.05) is 36.4 Å². The normalized spacial score (nSPS) is 13.1. The van der Waals surface area contributed by atoms with Gasteiger partial charge in [0.2, 0.25) is 15.9 Å². The Labute approximate surface area is 189 Å². The average molecular weight is 461 g/mol. The molecule has 0 spiro atoms. The molecule has 0 saturated carbocycles. The first kappa shape index (κ1) is 21.0. The second kappa shape index (κ2) is 7.61. The number of benzene rings is 5. The third-order valence-corrected chi connectivity index (χ3v) is 7.43. The summed E-state index contributed by atoms with van der Waals surface area (Å²) >= 11 is 0. The quantitative estimate of drug-likeness (QED) is 0.228. The first-order valence-electron chi connectivity index (χ1n) is 10.2. The number of phenols is 2. The van der Waals surface area contributed by atoms with Crippen LogP contribution in [0.4, 0.5) is 0 Å². The van der Waals surface area contributed by atoms with Crippen LogP contribution in [-0.2, 0) is 21.2 Å². The predicted molar refractivity (Wildman–Crippen MR) is 127 cm³/mol. The van der Waals surface area contributed by atoms with Crippen molar-refractivity contribution in [3.8, 4) is 11.5 Å². The van der Waals surface area contributed by atoms with Gasteiger partial charge in [-0.2, -0.15) is 4.72 Å². The monoisotopic (exact) mass is 460 g/mol. The maximum atomic E-state index is 13.4. The molecular weight excluding hydrogens is 440 g/mol. The molecule has 0 bridgehead atoms. The summed E-state index contributed by atoms with van der Waals surface area (Å²) in [7, 11) is -4.13. The summed E-state index contributed by atoms with van der Waals surface area (Å²) in [6.07, 6.45) is -0.0891. The van der Waals surface area contributed by atoms with Crippen LogP contribution in [0.5, 0.6) is 11.5 Å². The summed E-state index contributed by atoms with van der Waals surface area (Å²) in [4.78, 5) is 12.1. The second-order valence-electron chi connectivity index (χ2n) is 8.02. The van der Waals surface area contributed by atoms with E-state index in [2.05, 4.69) is 4.72 Å². The van der Waals surface area contributed by atoms with E-state index in [0.717, 1.165) is 26.9 Å². The van der Waals surface area contributed by atoms with Gasteiger partial charge in [-0.05, 0) is 57.1 Å². The molecule has 0 saturated heterocycles. The van der Waals surface area contributed by atoms with Crippen molar-refractivity contribution < 1.29 is 23.4 Å². The van der Waals surface area contributed by atoms with Gasteiger partial charge >= 0.3 is 0 Å². The summed E-state index contributed by atoms with van der Waals surface area (Å²) in [6.45, 7) is 0. The lowest BCUT2D eigenvalue weighted by atomic mass is 9.94. The Kier molecular flexibility index (Phi) is 4.84. The highest BCUT2D eigenvalue weighted by molar-refractivity contribution is 7.89. The number of rotatable bonds is 6. The van der Waals surface area contributed by atoms with Crippen molar-refractivity contribution in [2.75, 3.05) is 0 Å². The summed E-state index contributed by atoms with van der Waals surface area (Å²) in [5.41, 5.74) is 5.93. The van der Waals surface area contributed by atoms with Crippen molar-refractivity contribution in [2.24, 2.45) is 5.73 Å². The van der Waals surface area contributed by atoms with Crippen molar-refractivity contribution in [1.82, 2.24) is 4.72 Å². The van der Waals surface area contributed by atoms with Gasteiger partial charge in [-0.1, -0.05) is 54.6 Å². The molecule has 5 rings (SSSR count). The third-order valence-electron chi connectivity index (χ3n) is 5.90. The van der Waals surface area contributed by atoms with Crippen LogP contribution in [0.15, 0.2) is 77.7 Å². The van der Waals surface area contributed by atoms with Gasteiger partial charge in [0.25, 0.3) is 0 Å². The van der Waals surface area contributed by atoms with Crippen molar-refractivity contribution in [3.63, 3.8) is 0 Å². The summed E-state index contributed by atoms with van der Waals surface area (Å²) in [6, 6.07) is 19.6. The zero-order valence-electron chi connectivity index (χ0n) is 17.3. The van der Waals surface area contributed by atoms with E-state index < -0.39 is 22.0 Å². The molecular formula is C25H20N2O5S. The molecule has 8 heteroatoms. The van der Waals surface area contributed by atoms with E-state index in [-0.39, 0.29) is 22.8 Å². The molecule has 0 aliphatic heterocycles. The summed E-state index contributed by atoms with van der Waals surface area (Å²) in [5, 5.41) is 24.5. The Morgan fingerprint density at radius 3 is 2.15 bits per heavy atom. The number of sulfonamides is 1. The molecule has 1 amide bonds. The summed E-state index contributed by atoms with van der Waals surface area (Å²) < 4.78 is 29.2. The number of hydrogen-bond acceptors (Lipinski definition) is 5. The van der Waals surface area contributed by atoms with Gasteiger partial charge in [0.05, 0.1) is 4.90 Å². The number of hydrogen-bond donors (Lipinski definition) is 4. The van der Waals surface area contributed by atoms with Crippen molar-refractivity contribution in [2.45, 2.75) is 17.4 Å². The van der Waals surface area contributed by atoms with Crippen LogP contribution in [0, 0.1) is 0 Å². The lowest BCUT2D eigenvalue weighted by molar-refractivity contribution is -0.119. The average Bonchev–Trinajstić information content (AvgIpc) is 2.79. The minimum Gasteiger partial charge on any atom is -0.504 e. The summed E-state index contributed by atoms with van der Waals surface area (Å²) in [5.74, 6) is -1.54. The number of aromatic hydroxyl groups is 2. The highest BCUT2D eigenvalue weighted by Crippen LogP contribution is 2.37. The van der Waals surface area contributed by atoms with Gasteiger partial charge in [0, 0.05) is 5.39 Å². The van der Waals surface area contributed by atoms with E-state index in [1.54, 1.807) is 12.1 Å². The van der Waals surface area contributed by atoms with E-state index >= 15 is 0 Å². The maximum absolute atomic E-state index is 13.4.